The van der Waals surface area contributed by atoms with Gasteiger partial charge in [-0.2, -0.15) is 13.2 Å². The molecule has 0 spiro atoms. The molecule has 1 aliphatic rings. The summed E-state index contributed by atoms with van der Waals surface area (Å²) in [6, 6.07) is 9.82. The van der Waals surface area contributed by atoms with Crippen LogP contribution in [-0.2, 0) is 6.18 Å². The highest BCUT2D eigenvalue weighted by Crippen LogP contribution is 2.31. The number of hydrogen-bond acceptors (Lipinski definition) is 2. The minimum Gasteiger partial charge on any atom is -0.329 e. The van der Waals surface area contributed by atoms with Gasteiger partial charge in [0.05, 0.1) is 11.6 Å². The van der Waals surface area contributed by atoms with Crippen molar-refractivity contribution in [2.45, 2.75) is 12.2 Å². The molecule has 3 nitrogen and oxygen atoms in total. The summed E-state index contributed by atoms with van der Waals surface area (Å²) in [5, 5.41) is 3.13. The van der Waals surface area contributed by atoms with Gasteiger partial charge in [0.15, 0.2) is 0 Å². The molecule has 1 N–H and O–H groups in total. The van der Waals surface area contributed by atoms with Crippen molar-refractivity contribution in [3.05, 3.63) is 71.0 Å². The average Bonchev–Trinajstić information content (AvgIpc) is 2.60. The van der Waals surface area contributed by atoms with Gasteiger partial charge < -0.3 is 10.2 Å². The first kappa shape index (κ1) is 17.4. The van der Waals surface area contributed by atoms with Gasteiger partial charge in [-0.3, -0.25) is 4.79 Å². The molecular weight excluding hydrogens is 336 g/mol. The smallest absolute Gasteiger partial charge is 0.329 e. The number of amides is 1. The van der Waals surface area contributed by atoms with Crippen LogP contribution in [0.3, 0.4) is 0 Å². The lowest BCUT2D eigenvalue weighted by molar-refractivity contribution is -0.137. The molecule has 1 fully saturated rings. The zero-order valence-corrected chi connectivity index (χ0v) is 13.2. The van der Waals surface area contributed by atoms with Gasteiger partial charge in [0.2, 0.25) is 0 Å². The van der Waals surface area contributed by atoms with Crippen molar-refractivity contribution in [1.29, 1.82) is 0 Å². The number of benzene rings is 2. The molecule has 1 saturated heterocycles. The zero-order chi connectivity index (χ0) is 18.0. The summed E-state index contributed by atoms with van der Waals surface area (Å²) in [5.41, 5.74) is -0.290. The van der Waals surface area contributed by atoms with Crippen molar-refractivity contribution in [3.63, 3.8) is 0 Å². The molecule has 7 heteroatoms. The van der Waals surface area contributed by atoms with E-state index in [2.05, 4.69) is 5.32 Å². The maximum Gasteiger partial charge on any atom is 0.416 e. The Balaban J connectivity index is 1.91. The maximum absolute atomic E-state index is 13.5. The molecule has 0 aliphatic carbocycles. The predicted molar refractivity (Wildman–Crippen MR) is 84.5 cm³/mol. The van der Waals surface area contributed by atoms with Crippen LogP contribution in [0.2, 0.25) is 0 Å². The molecule has 0 bridgehead atoms. The highest BCUT2D eigenvalue weighted by atomic mass is 19.4. The average molecular weight is 352 g/mol. The third-order valence-electron chi connectivity index (χ3n) is 4.17. The van der Waals surface area contributed by atoms with E-state index in [9.17, 15) is 22.4 Å². The Kier molecular flexibility index (Phi) is 4.76. The number of halogens is 4. The summed E-state index contributed by atoms with van der Waals surface area (Å²) in [5.74, 6) is -0.920. The van der Waals surface area contributed by atoms with E-state index < -0.39 is 29.5 Å². The number of nitrogens with one attached hydrogen (secondary N) is 1. The fourth-order valence-corrected chi connectivity index (χ4v) is 2.95. The molecule has 2 aromatic carbocycles. The predicted octanol–water partition coefficient (Wildman–Crippen LogP) is 3.63. The highest BCUT2D eigenvalue weighted by Gasteiger charge is 2.33. The van der Waals surface area contributed by atoms with E-state index >= 15 is 0 Å². The Hall–Kier alpha value is -2.41. The monoisotopic (exact) mass is 352 g/mol. The lowest BCUT2D eigenvalue weighted by atomic mass is 10.0. The second kappa shape index (κ2) is 6.84. The highest BCUT2D eigenvalue weighted by molar-refractivity contribution is 5.94. The van der Waals surface area contributed by atoms with Crippen molar-refractivity contribution >= 4 is 5.91 Å². The van der Waals surface area contributed by atoms with E-state index in [1.807, 2.05) is 0 Å². The van der Waals surface area contributed by atoms with E-state index in [-0.39, 0.29) is 5.56 Å². The van der Waals surface area contributed by atoms with E-state index in [1.165, 1.54) is 29.2 Å². The molecule has 1 aliphatic heterocycles. The molecule has 3 rings (SSSR count). The SMILES string of the molecule is O=C(c1cccc(C(F)(F)F)c1)N1CCNCC1c1cccc(F)c1. The molecule has 0 saturated carbocycles. The van der Waals surface area contributed by atoms with Crippen LogP contribution in [0.25, 0.3) is 0 Å². The fourth-order valence-electron chi connectivity index (χ4n) is 2.95. The largest absolute Gasteiger partial charge is 0.416 e. The molecule has 1 atom stereocenters. The number of nitrogens with zero attached hydrogens (tertiary/aromatic N) is 1. The van der Waals surface area contributed by atoms with Crippen molar-refractivity contribution in [3.8, 4) is 0 Å². The summed E-state index contributed by atoms with van der Waals surface area (Å²) in [6.45, 7) is 1.26. The summed E-state index contributed by atoms with van der Waals surface area (Å²) < 4.78 is 52.2. The van der Waals surface area contributed by atoms with Crippen molar-refractivity contribution < 1.29 is 22.4 Å². The number of carbonyl (C=O) groups is 1. The van der Waals surface area contributed by atoms with Crippen LogP contribution in [-0.4, -0.2) is 30.4 Å². The molecule has 1 unspecified atom stereocenters. The van der Waals surface area contributed by atoms with Gasteiger partial charge in [-0.25, -0.2) is 4.39 Å². The molecule has 0 radical (unpaired) electrons. The molecular formula is C18H16F4N2O. The number of hydrogen-bond donors (Lipinski definition) is 1. The first-order valence-electron chi connectivity index (χ1n) is 7.80. The van der Waals surface area contributed by atoms with Crippen molar-refractivity contribution in [1.82, 2.24) is 10.2 Å². The summed E-state index contributed by atoms with van der Waals surface area (Å²) in [6.07, 6.45) is -4.51. The van der Waals surface area contributed by atoms with Crippen LogP contribution in [0, 0.1) is 5.82 Å². The zero-order valence-electron chi connectivity index (χ0n) is 13.2. The van der Waals surface area contributed by atoms with E-state index in [0.29, 0.717) is 25.2 Å². The number of piperazine rings is 1. The molecule has 1 amide bonds. The van der Waals surface area contributed by atoms with Crippen LogP contribution in [0.1, 0.15) is 27.5 Å². The van der Waals surface area contributed by atoms with Crippen molar-refractivity contribution in [2.75, 3.05) is 19.6 Å². The van der Waals surface area contributed by atoms with Crippen LogP contribution >= 0.6 is 0 Å². The van der Waals surface area contributed by atoms with Crippen LogP contribution < -0.4 is 5.32 Å². The number of rotatable bonds is 2. The number of carbonyl (C=O) groups excluding carboxylic acids is 1. The van der Waals surface area contributed by atoms with Gasteiger partial charge in [0.25, 0.3) is 5.91 Å². The van der Waals surface area contributed by atoms with E-state index in [1.54, 1.807) is 12.1 Å². The number of alkyl halides is 3. The Morgan fingerprint density at radius 3 is 2.60 bits per heavy atom. The molecule has 132 valence electrons. The Bertz CT molecular complexity index is 776. The Labute approximate surface area is 142 Å². The summed E-state index contributed by atoms with van der Waals surface area (Å²) >= 11 is 0. The topological polar surface area (TPSA) is 32.3 Å². The lowest BCUT2D eigenvalue weighted by Gasteiger charge is -2.36. The lowest BCUT2D eigenvalue weighted by Crippen LogP contribution is -2.48. The maximum atomic E-state index is 13.5. The third-order valence-corrected chi connectivity index (χ3v) is 4.17. The van der Waals surface area contributed by atoms with Crippen molar-refractivity contribution in [2.24, 2.45) is 0 Å². The van der Waals surface area contributed by atoms with Gasteiger partial charge in [-0.1, -0.05) is 18.2 Å². The van der Waals surface area contributed by atoms with Gasteiger partial charge in [0, 0.05) is 25.2 Å². The molecule has 2 aromatic rings. The van der Waals surface area contributed by atoms with Gasteiger partial charge >= 0.3 is 6.18 Å². The quantitative estimate of drug-likeness (QED) is 0.837. The third kappa shape index (κ3) is 3.82. The van der Waals surface area contributed by atoms with Gasteiger partial charge in [0.1, 0.15) is 5.82 Å². The minimum atomic E-state index is -4.51. The van der Waals surface area contributed by atoms with Crippen LogP contribution in [0.15, 0.2) is 48.5 Å². The minimum absolute atomic E-state index is 0.0295. The molecule has 0 aromatic heterocycles. The second-order valence-corrected chi connectivity index (χ2v) is 5.85. The molecule has 1 heterocycles. The summed E-state index contributed by atoms with van der Waals surface area (Å²) in [7, 11) is 0. The standard InChI is InChI=1S/C18H16F4N2O/c19-15-6-2-3-12(10-15)16-11-23-7-8-24(16)17(25)13-4-1-5-14(9-13)18(20,21)22/h1-6,9-10,16,23H,7-8,11H2. The first-order chi connectivity index (χ1) is 11.9. The Morgan fingerprint density at radius 1 is 1.12 bits per heavy atom. The van der Waals surface area contributed by atoms with Crippen LogP contribution in [0.4, 0.5) is 17.6 Å². The fraction of sp³-hybridized carbons (Fsp3) is 0.278. The normalized spacial score (nSPS) is 18.2. The first-order valence-corrected chi connectivity index (χ1v) is 7.80. The second-order valence-electron chi connectivity index (χ2n) is 5.85. The van der Waals surface area contributed by atoms with Gasteiger partial charge in [-0.15, -0.1) is 0 Å². The van der Waals surface area contributed by atoms with E-state index in [4.69, 9.17) is 0 Å². The Morgan fingerprint density at radius 2 is 1.88 bits per heavy atom. The van der Waals surface area contributed by atoms with Crippen LogP contribution in [0.5, 0.6) is 0 Å². The summed E-state index contributed by atoms with van der Waals surface area (Å²) in [4.78, 5) is 14.3. The van der Waals surface area contributed by atoms with Gasteiger partial charge in [-0.05, 0) is 35.9 Å². The van der Waals surface area contributed by atoms with E-state index in [0.717, 1.165) is 12.1 Å². The molecule has 25 heavy (non-hydrogen) atoms.